The minimum absolute atomic E-state index is 0.143. The van der Waals surface area contributed by atoms with Gasteiger partial charge in [-0.3, -0.25) is 19.3 Å². The van der Waals surface area contributed by atoms with Gasteiger partial charge in [0.15, 0.2) is 3.77 Å². The molecule has 19 heavy (non-hydrogen) atoms. The number of thioether (sulfide) groups is 1. The predicted octanol–water partition coefficient (Wildman–Crippen LogP) is 2.77. The van der Waals surface area contributed by atoms with Crippen LogP contribution >= 0.6 is 50.3 Å². The lowest BCUT2D eigenvalue weighted by atomic mass is 10.3. The maximum absolute atomic E-state index is 11.8. The van der Waals surface area contributed by atoms with Gasteiger partial charge in [0.1, 0.15) is 12.3 Å². The van der Waals surface area contributed by atoms with Gasteiger partial charge in [0.2, 0.25) is 0 Å². The van der Waals surface area contributed by atoms with Crippen molar-refractivity contribution in [1.82, 2.24) is 4.90 Å². The first-order valence-electron chi connectivity index (χ1n) is 4.80. The lowest BCUT2D eigenvalue weighted by molar-refractivity contribution is -0.140. The van der Waals surface area contributed by atoms with Crippen molar-refractivity contribution in [1.29, 1.82) is 0 Å². The summed E-state index contributed by atoms with van der Waals surface area (Å²) in [4.78, 5) is 34.7. The zero-order chi connectivity index (χ0) is 14.2. The predicted molar refractivity (Wildman–Crippen MR) is 79.4 cm³/mol. The molecule has 1 aliphatic heterocycles. The Hall–Kier alpha value is -0.810. The molecule has 2 rings (SSSR count). The van der Waals surface area contributed by atoms with E-state index in [-0.39, 0.29) is 4.91 Å². The Morgan fingerprint density at radius 1 is 1.58 bits per heavy atom. The average molecular weight is 458 g/mol. The van der Waals surface area contributed by atoms with Gasteiger partial charge in [-0.25, -0.2) is 0 Å². The zero-order valence-corrected chi connectivity index (χ0v) is 13.6. The number of hydrogen-bond acceptors (Lipinski definition) is 5. The standard InChI is InChI=1S/C10H5BrINO5S/c11-5-1-4(18-8(5)12)2-6-9(16)13(3-7(14)15)10(17)19-6/h1-2H,3H2,(H,14,15)/b6-2-. The number of imide groups is 1. The number of furan rings is 1. The molecule has 100 valence electrons. The molecule has 0 unspecified atom stereocenters. The zero-order valence-electron chi connectivity index (χ0n) is 9.05. The summed E-state index contributed by atoms with van der Waals surface area (Å²) in [5, 5.41) is 8.03. The molecule has 0 atom stereocenters. The van der Waals surface area contributed by atoms with Crippen LogP contribution in [0, 0.1) is 3.77 Å². The van der Waals surface area contributed by atoms with E-state index in [0.717, 1.165) is 4.47 Å². The molecular weight excluding hydrogens is 453 g/mol. The van der Waals surface area contributed by atoms with E-state index in [1.165, 1.54) is 6.08 Å². The van der Waals surface area contributed by atoms with E-state index in [9.17, 15) is 14.4 Å². The van der Waals surface area contributed by atoms with E-state index >= 15 is 0 Å². The van der Waals surface area contributed by atoms with Crippen LogP contribution in [0.2, 0.25) is 0 Å². The second kappa shape index (κ2) is 5.67. The van der Waals surface area contributed by atoms with Gasteiger partial charge in [0.05, 0.1) is 9.38 Å². The molecule has 1 saturated heterocycles. The summed E-state index contributed by atoms with van der Waals surface area (Å²) in [7, 11) is 0. The number of rotatable bonds is 3. The monoisotopic (exact) mass is 457 g/mol. The van der Waals surface area contributed by atoms with E-state index in [1.807, 2.05) is 22.6 Å². The highest BCUT2D eigenvalue weighted by molar-refractivity contribution is 14.1. The van der Waals surface area contributed by atoms with Gasteiger partial charge in [-0.2, -0.15) is 0 Å². The second-order valence-electron chi connectivity index (χ2n) is 3.43. The van der Waals surface area contributed by atoms with Crippen LogP contribution in [-0.2, 0) is 9.59 Å². The van der Waals surface area contributed by atoms with Gasteiger partial charge in [0.25, 0.3) is 11.1 Å². The van der Waals surface area contributed by atoms with Crippen LogP contribution in [-0.4, -0.2) is 33.7 Å². The van der Waals surface area contributed by atoms with Gasteiger partial charge in [-0.15, -0.1) is 0 Å². The number of carboxylic acids is 1. The van der Waals surface area contributed by atoms with Gasteiger partial charge in [-0.1, -0.05) is 0 Å². The molecule has 1 N–H and O–H groups in total. The number of carboxylic acid groups (broad SMARTS) is 1. The summed E-state index contributed by atoms with van der Waals surface area (Å²) >= 11 is 5.92. The minimum Gasteiger partial charge on any atom is -0.480 e. The van der Waals surface area contributed by atoms with Crippen molar-refractivity contribution in [2.45, 2.75) is 0 Å². The van der Waals surface area contributed by atoms with Crippen LogP contribution in [0.25, 0.3) is 6.08 Å². The summed E-state index contributed by atoms with van der Waals surface area (Å²) in [5.74, 6) is -1.45. The van der Waals surface area contributed by atoms with Crippen LogP contribution in [0.5, 0.6) is 0 Å². The summed E-state index contributed by atoms with van der Waals surface area (Å²) in [6.45, 7) is -0.638. The van der Waals surface area contributed by atoms with Crippen molar-refractivity contribution < 1.29 is 23.9 Å². The van der Waals surface area contributed by atoms with Crippen LogP contribution in [0.3, 0.4) is 0 Å². The summed E-state index contributed by atoms with van der Waals surface area (Å²) in [6.07, 6.45) is 1.42. The molecule has 1 fully saturated rings. The van der Waals surface area contributed by atoms with Crippen molar-refractivity contribution in [3.05, 3.63) is 25.0 Å². The van der Waals surface area contributed by atoms with Crippen molar-refractivity contribution in [3.8, 4) is 0 Å². The highest BCUT2D eigenvalue weighted by Crippen LogP contribution is 2.33. The molecule has 2 amide bonds. The first-order valence-corrected chi connectivity index (χ1v) is 7.49. The Kier molecular flexibility index (Phi) is 4.36. The Balaban J connectivity index is 2.25. The molecular formula is C10H5BrINO5S. The lowest BCUT2D eigenvalue weighted by Gasteiger charge is -2.07. The minimum atomic E-state index is -1.24. The fraction of sp³-hybridized carbons (Fsp3) is 0.100. The largest absolute Gasteiger partial charge is 0.480 e. The van der Waals surface area contributed by atoms with E-state index < -0.39 is 23.7 Å². The Bertz CT molecular complexity index is 592. The first-order chi connectivity index (χ1) is 8.88. The molecule has 9 heteroatoms. The van der Waals surface area contributed by atoms with Crippen molar-refractivity contribution in [3.63, 3.8) is 0 Å². The molecule has 1 aromatic rings. The molecule has 0 aliphatic carbocycles. The van der Waals surface area contributed by atoms with E-state index in [2.05, 4.69) is 15.9 Å². The van der Waals surface area contributed by atoms with Crippen molar-refractivity contribution >= 4 is 73.5 Å². The highest BCUT2D eigenvalue weighted by Gasteiger charge is 2.36. The van der Waals surface area contributed by atoms with Gasteiger partial charge in [-0.05, 0) is 33.8 Å². The Morgan fingerprint density at radius 3 is 2.79 bits per heavy atom. The summed E-state index contributed by atoms with van der Waals surface area (Å²) in [6, 6.07) is 1.66. The van der Waals surface area contributed by atoms with E-state index in [1.54, 1.807) is 6.07 Å². The smallest absolute Gasteiger partial charge is 0.323 e. The lowest BCUT2D eigenvalue weighted by Crippen LogP contribution is -2.33. The number of amides is 2. The fourth-order valence-electron chi connectivity index (χ4n) is 1.34. The highest BCUT2D eigenvalue weighted by atomic mass is 127. The molecule has 0 aromatic carbocycles. The van der Waals surface area contributed by atoms with Crippen LogP contribution < -0.4 is 0 Å². The molecule has 0 radical (unpaired) electrons. The molecule has 0 bridgehead atoms. The first kappa shape index (κ1) is 14.6. The number of nitrogens with zero attached hydrogens (tertiary/aromatic N) is 1. The molecule has 0 saturated carbocycles. The normalized spacial score (nSPS) is 17.6. The second-order valence-corrected chi connectivity index (χ2v) is 6.26. The number of halogens is 2. The van der Waals surface area contributed by atoms with E-state index in [0.29, 0.717) is 26.2 Å². The number of carbonyl (C=O) groups is 3. The Labute approximate surface area is 133 Å². The number of carbonyl (C=O) groups excluding carboxylic acids is 2. The summed E-state index contributed by atoms with van der Waals surface area (Å²) < 4.78 is 6.69. The summed E-state index contributed by atoms with van der Waals surface area (Å²) in [5.41, 5.74) is 0. The van der Waals surface area contributed by atoms with Crippen LogP contribution in [0.4, 0.5) is 4.79 Å². The molecule has 1 aliphatic rings. The van der Waals surface area contributed by atoms with Gasteiger partial charge in [0, 0.05) is 28.7 Å². The topological polar surface area (TPSA) is 87.8 Å². The SMILES string of the molecule is O=C(O)CN1C(=O)S/C(=C\c2cc(Br)c(I)o2)C1=O. The third kappa shape index (κ3) is 3.20. The van der Waals surface area contributed by atoms with Crippen molar-refractivity contribution in [2.75, 3.05) is 6.54 Å². The molecule has 2 heterocycles. The molecule has 6 nitrogen and oxygen atoms in total. The maximum atomic E-state index is 11.8. The Morgan fingerprint density at radius 2 is 2.26 bits per heavy atom. The van der Waals surface area contributed by atoms with E-state index in [4.69, 9.17) is 9.52 Å². The third-order valence-corrected chi connectivity index (χ3v) is 5.14. The molecule has 1 aromatic heterocycles. The van der Waals surface area contributed by atoms with Gasteiger partial charge < -0.3 is 9.52 Å². The molecule has 0 spiro atoms. The number of aliphatic carboxylic acids is 1. The van der Waals surface area contributed by atoms with Gasteiger partial charge >= 0.3 is 5.97 Å². The van der Waals surface area contributed by atoms with Crippen molar-refractivity contribution in [2.24, 2.45) is 0 Å². The quantitative estimate of drug-likeness (QED) is 0.554. The number of hydrogen-bond donors (Lipinski definition) is 1. The van der Waals surface area contributed by atoms with Crippen LogP contribution in [0.15, 0.2) is 19.9 Å². The third-order valence-electron chi connectivity index (χ3n) is 2.10. The maximum Gasteiger partial charge on any atom is 0.323 e. The fourth-order valence-corrected chi connectivity index (χ4v) is 2.87. The van der Waals surface area contributed by atoms with Crippen LogP contribution in [0.1, 0.15) is 5.76 Å². The average Bonchev–Trinajstić information content (AvgIpc) is 2.74.